The third-order valence-corrected chi connectivity index (χ3v) is 5.58. The van der Waals surface area contributed by atoms with Crippen molar-refractivity contribution in [3.63, 3.8) is 0 Å². The fourth-order valence-corrected chi connectivity index (χ4v) is 4.24. The van der Waals surface area contributed by atoms with Crippen LogP contribution in [0.15, 0.2) is 34.9 Å². The molecule has 142 valence electrons. The van der Waals surface area contributed by atoms with Crippen molar-refractivity contribution in [1.29, 1.82) is 0 Å². The van der Waals surface area contributed by atoms with Crippen molar-refractivity contribution in [2.75, 3.05) is 24.5 Å². The standard InChI is InChI=1S/C20H22FN3O3/c1-14-12-17(27-22-14)18(25)23-10-2-8-20(13-23)9-3-11-24(19(20)26)16-6-4-15(21)5-7-16/h4-7,12H,2-3,8-11,13H2,1H3. The lowest BCUT2D eigenvalue weighted by molar-refractivity contribution is -0.133. The third kappa shape index (κ3) is 3.22. The Hall–Kier alpha value is -2.70. The Morgan fingerprint density at radius 2 is 1.89 bits per heavy atom. The van der Waals surface area contributed by atoms with E-state index in [-0.39, 0.29) is 23.4 Å². The van der Waals surface area contributed by atoms with Crippen molar-refractivity contribution in [2.45, 2.75) is 32.6 Å². The van der Waals surface area contributed by atoms with Crippen molar-refractivity contribution in [1.82, 2.24) is 10.1 Å². The molecule has 0 saturated carbocycles. The second-order valence-corrected chi connectivity index (χ2v) is 7.48. The number of hydrogen-bond donors (Lipinski definition) is 0. The summed E-state index contributed by atoms with van der Waals surface area (Å²) in [6.07, 6.45) is 3.12. The molecule has 2 saturated heterocycles. The highest BCUT2D eigenvalue weighted by molar-refractivity contribution is 5.99. The maximum absolute atomic E-state index is 13.4. The van der Waals surface area contributed by atoms with Crippen LogP contribution in [0.25, 0.3) is 0 Å². The molecule has 1 unspecified atom stereocenters. The molecule has 6 nitrogen and oxygen atoms in total. The van der Waals surface area contributed by atoms with Crippen molar-refractivity contribution in [2.24, 2.45) is 5.41 Å². The van der Waals surface area contributed by atoms with E-state index in [2.05, 4.69) is 5.16 Å². The van der Waals surface area contributed by atoms with E-state index in [1.165, 1.54) is 12.1 Å². The molecule has 4 rings (SSSR count). The normalized spacial score (nSPS) is 23.1. The van der Waals surface area contributed by atoms with E-state index < -0.39 is 5.41 Å². The van der Waals surface area contributed by atoms with Crippen LogP contribution >= 0.6 is 0 Å². The van der Waals surface area contributed by atoms with E-state index in [0.29, 0.717) is 31.0 Å². The van der Waals surface area contributed by atoms with E-state index in [9.17, 15) is 14.0 Å². The maximum atomic E-state index is 13.4. The topological polar surface area (TPSA) is 66.7 Å². The van der Waals surface area contributed by atoms with Gasteiger partial charge in [0.05, 0.1) is 11.1 Å². The first kappa shape index (κ1) is 17.7. The Morgan fingerprint density at radius 3 is 2.56 bits per heavy atom. The molecule has 0 aliphatic carbocycles. The smallest absolute Gasteiger partial charge is 0.292 e. The molecule has 27 heavy (non-hydrogen) atoms. The van der Waals surface area contributed by atoms with Gasteiger partial charge in [-0.15, -0.1) is 0 Å². The Labute approximate surface area is 156 Å². The largest absolute Gasteiger partial charge is 0.351 e. The van der Waals surface area contributed by atoms with Crippen LogP contribution in [0, 0.1) is 18.2 Å². The number of anilines is 1. The van der Waals surface area contributed by atoms with Crippen LogP contribution in [0.1, 0.15) is 41.9 Å². The van der Waals surface area contributed by atoms with Crippen molar-refractivity contribution in [3.05, 3.63) is 47.6 Å². The van der Waals surface area contributed by atoms with E-state index in [0.717, 1.165) is 25.7 Å². The van der Waals surface area contributed by atoms with E-state index >= 15 is 0 Å². The monoisotopic (exact) mass is 371 g/mol. The number of nitrogens with zero attached hydrogens (tertiary/aromatic N) is 3. The number of likely N-dealkylation sites (tertiary alicyclic amines) is 1. The van der Waals surface area contributed by atoms with E-state index in [1.54, 1.807) is 34.9 Å². The molecule has 2 aromatic rings. The Morgan fingerprint density at radius 1 is 1.19 bits per heavy atom. The van der Waals surface area contributed by atoms with Gasteiger partial charge < -0.3 is 14.3 Å². The minimum absolute atomic E-state index is 0.0200. The molecular weight excluding hydrogens is 349 g/mol. The molecule has 2 aliphatic rings. The zero-order valence-electron chi connectivity index (χ0n) is 15.3. The lowest BCUT2D eigenvalue weighted by Gasteiger charge is -2.47. The number of amides is 2. The first-order valence-electron chi connectivity index (χ1n) is 9.29. The van der Waals surface area contributed by atoms with Crippen molar-refractivity contribution < 1.29 is 18.5 Å². The minimum Gasteiger partial charge on any atom is -0.351 e. The molecule has 2 amide bonds. The van der Waals surface area contributed by atoms with Gasteiger partial charge in [0.2, 0.25) is 11.7 Å². The highest BCUT2D eigenvalue weighted by Gasteiger charge is 2.48. The van der Waals surface area contributed by atoms with Crippen LogP contribution in [0.4, 0.5) is 10.1 Å². The van der Waals surface area contributed by atoms with E-state index in [4.69, 9.17) is 4.52 Å². The Kier molecular flexibility index (Phi) is 4.45. The number of aryl methyl sites for hydroxylation is 1. The van der Waals surface area contributed by atoms with Crippen LogP contribution in [-0.2, 0) is 4.79 Å². The van der Waals surface area contributed by atoms with Crippen LogP contribution < -0.4 is 4.90 Å². The molecule has 7 heteroatoms. The Balaban J connectivity index is 1.56. The molecule has 2 fully saturated rings. The summed E-state index contributed by atoms with van der Waals surface area (Å²) >= 11 is 0. The predicted octanol–water partition coefficient (Wildman–Crippen LogP) is 3.17. The van der Waals surface area contributed by atoms with Gasteiger partial charge in [0, 0.05) is 31.4 Å². The molecule has 0 bridgehead atoms. The fourth-order valence-electron chi connectivity index (χ4n) is 4.24. The molecule has 0 N–H and O–H groups in total. The summed E-state index contributed by atoms with van der Waals surface area (Å²) in [7, 11) is 0. The molecule has 2 aliphatic heterocycles. The van der Waals surface area contributed by atoms with Gasteiger partial charge in [0.1, 0.15) is 5.82 Å². The first-order valence-corrected chi connectivity index (χ1v) is 9.29. The van der Waals surface area contributed by atoms with Gasteiger partial charge in [-0.05, 0) is 56.9 Å². The van der Waals surface area contributed by atoms with Gasteiger partial charge in [-0.3, -0.25) is 9.59 Å². The molecule has 1 aromatic heterocycles. The highest BCUT2D eigenvalue weighted by atomic mass is 19.1. The number of benzene rings is 1. The zero-order chi connectivity index (χ0) is 19.0. The number of piperidine rings is 2. The molecule has 1 atom stereocenters. The molecule has 0 radical (unpaired) electrons. The minimum atomic E-state index is -0.588. The quantitative estimate of drug-likeness (QED) is 0.813. The van der Waals surface area contributed by atoms with Crippen molar-refractivity contribution >= 4 is 17.5 Å². The number of halogens is 1. The predicted molar refractivity (Wildman–Crippen MR) is 96.8 cm³/mol. The highest BCUT2D eigenvalue weighted by Crippen LogP contribution is 2.41. The zero-order valence-corrected chi connectivity index (χ0v) is 15.3. The summed E-state index contributed by atoms with van der Waals surface area (Å²) in [6, 6.07) is 7.63. The van der Waals surface area contributed by atoms with Gasteiger partial charge in [-0.25, -0.2) is 4.39 Å². The molecular formula is C20H22FN3O3. The summed E-state index contributed by atoms with van der Waals surface area (Å²) < 4.78 is 18.4. The molecule has 1 aromatic carbocycles. The summed E-state index contributed by atoms with van der Waals surface area (Å²) in [6.45, 7) is 3.36. The van der Waals surface area contributed by atoms with Crippen LogP contribution in [0.2, 0.25) is 0 Å². The second-order valence-electron chi connectivity index (χ2n) is 7.48. The fraction of sp³-hybridized carbons (Fsp3) is 0.450. The maximum Gasteiger partial charge on any atom is 0.292 e. The Bertz CT molecular complexity index is 860. The van der Waals surface area contributed by atoms with Gasteiger partial charge in [0.25, 0.3) is 5.91 Å². The number of rotatable bonds is 2. The summed E-state index contributed by atoms with van der Waals surface area (Å²) in [5.41, 5.74) is 0.770. The average Bonchev–Trinajstić information content (AvgIpc) is 3.11. The van der Waals surface area contributed by atoms with Crippen molar-refractivity contribution in [3.8, 4) is 0 Å². The third-order valence-electron chi connectivity index (χ3n) is 5.58. The van der Waals surface area contributed by atoms with E-state index in [1.807, 2.05) is 0 Å². The summed E-state index contributed by atoms with van der Waals surface area (Å²) in [5.74, 6) is -0.314. The second kappa shape index (κ2) is 6.79. The van der Waals surface area contributed by atoms with Gasteiger partial charge >= 0.3 is 0 Å². The summed E-state index contributed by atoms with van der Waals surface area (Å²) in [4.78, 5) is 29.6. The average molecular weight is 371 g/mol. The number of carbonyl (C=O) groups excluding carboxylic acids is 2. The number of hydrogen-bond acceptors (Lipinski definition) is 4. The SMILES string of the molecule is Cc1cc(C(=O)N2CCCC3(CCCN(c4ccc(F)cc4)C3=O)C2)on1. The van der Waals surface area contributed by atoms with Crippen LogP contribution in [0.5, 0.6) is 0 Å². The van der Waals surface area contributed by atoms with Gasteiger partial charge in [-0.1, -0.05) is 5.16 Å². The van der Waals surface area contributed by atoms with Crippen LogP contribution in [-0.4, -0.2) is 41.5 Å². The van der Waals surface area contributed by atoms with Gasteiger partial charge in [-0.2, -0.15) is 0 Å². The van der Waals surface area contributed by atoms with Crippen LogP contribution in [0.3, 0.4) is 0 Å². The molecule has 3 heterocycles. The lowest BCUT2D eigenvalue weighted by atomic mass is 9.72. The number of carbonyl (C=O) groups is 2. The molecule has 1 spiro atoms. The van der Waals surface area contributed by atoms with Gasteiger partial charge in [0.15, 0.2) is 0 Å². The summed E-state index contributed by atoms with van der Waals surface area (Å²) in [5, 5.41) is 3.78. The lowest BCUT2D eigenvalue weighted by Crippen LogP contribution is -2.57. The number of aromatic nitrogens is 1. The first-order chi connectivity index (χ1) is 13.0.